The molecule has 112 valence electrons. The van der Waals surface area contributed by atoms with Gasteiger partial charge in [0.2, 0.25) is 10.0 Å². The maximum Gasteiger partial charge on any atom is 0.238 e. The van der Waals surface area contributed by atoms with E-state index in [1.165, 1.54) is 12.1 Å². The molecule has 1 atom stereocenters. The van der Waals surface area contributed by atoms with Gasteiger partial charge in [0, 0.05) is 11.3 Å². The van der Waals surface area contributed by atoms with Crippen LogP contribution in [0.1, 0.15) is 24.9 Å². The van der Waals surface area contributed by atoms with Crippen LogP contribution in [0.4, 0.5) is 5.69 Å². The van der Waals surface area contributed by atoms with Gasteiger partial charge in [0.1, 0.15) is 5.75 Å². The Hall–Kier alpha value is -2.05. The summed E-state index contributed by atoms with van der Waals surface area (Å²) in [5, 5.41) is 18.3. The van der Waals surface area contributed by atoms with Gasteiger partial charge in [-0.25, -0.2) is 13.6 Å². The monoisotopic (exact) mass is 306 g/mol. The van der Waals surface area contributed by atoms with Gasteiger partial charge in [-0.15, -0.1) is 0 Å². The summed E-state index contributed by atoms with van der Waals surface area (Å²) in [7, 11) is -3.73. The number of nitrogens with one attached hydrogen (secondary N) is 1. The van der Waals surface area contributed by atoms with E-state index < -0.39 is 10.0 Å². The highest BCUT2D eigenvalue weighted by molar-refractivity contribution is 7.89. The number of para-hydroxylation sites is 1. The Labute approximate surface area is 124 Å². The van der Waals surface area contributed by atoms with Crippen LogP contribution in [0.25, 0.3) is 0 Å². The van der Waals surface area contributed by atoms with Crippen LogP contribution in [-0.4, -0.2) is 13.5 Å². The second-order valence-corrected chi connectivity index (χ2v) is 6.30. The van der Waals surface area contributed by atoms with Crippen molar-refractivity contribution in [2.24, 2.45) is 5.14 Å². The van der Waals surface area contributed by atoms with Crippen LogP contribution in [0.5, 0.6) is 5.75 Å². The molecule has 0 saturated heterocycles. The normalized spacial score (nSPS) is 12.9. The third kappa shape index (κ3) is 3.74. The van der Waals surface area contributed by atoms with Crippen LogP contribution < -0.4 is 10.5 Å². The third-order valence-corrected chi connectivity index (χ3v) is 4.13. The number of benzene rings is 2. The third-order valence-electron chi connectivity index (χ3n) is 3.22. The molecule has 1 unspecified atom stereocenters. The molecule has 0 saturated carbocycles. The van der Waals surface area contributed by atoms with Gasteiger partial charge in [-0.05, 0) is 30.7 Å². The van der Waals surface area contributed by atoms with Crippen molar-refractivity contribution in [2.45, 2.75) is 24.3 Å². The van der Waals surface area contributed by atoms with E-state index in [9.17, 15) is 13.5 Å². The summed E-state index contributed by atoms with van der Waals surface area (Å²) in [5.41, 5.74) is 1.40. The van der Waals surface area contributed by atoms with Crippen molar-refractivity contribution in [3.8, 4) is 5.75 Å². The first kappa shape index (κ1) is 15.3. The number of hydrogen-bond acceptors (Lipinski definition) is 4. The van der Waals surface area contributed by atoms with Crippen LogP contribution in [0.2, 0.25) is 0 Å². The van der Waals surface area contributed by atoms with Gasteiger partial charge in [0.25, 0.3) is 0 Å². The van der Waals surface area contributed by atoms with E-state index in [1.54, 1.807) is 24.3 Å². The van der Waals surface area contributed by atoms with Gasteiger partial charge in [-0.2, -0.15) is 0 Å². The van der Waals surface area contributed by atoms with Crippen molar-refractivity contribution in [3.63, 3.8) is 0 Å². The molecular formula is C15H18N2O3S. The van der Waals surface area contributed by atoms with E-state index in [-0.39, 0.29) is 16.7 Å². The fourth-order valence-electron chi connectivity index (χ4n) is 2.15. The largest absolute Gasteiger partial charge is 0.508 e. The van der Waals surface area contributed by atoms with Crippen LogP contribution >= 0.6 is 0 Å². The number of phenols is 1. The van der Waals surface area contributed by atoms with Gasteiger partial charge in [0.05, 0.1) is 10.9 Å². The predicted octanol–water partition coefficient (Wildman–Crippen LogP) is 2.60. The molecule has 4 N–H and O–H groups in total. The van der Waals surface area contributed by atoms with Gasteiger partial charge >= 0.3 is 0 Å². The fraction of sp³-hybridized carbons (Fsp3) is 0.200. The molecule has 21 heavy (non-hydrogen) atoms. The Morgan fingerprint density at radius 1 is 1.19 bits per heavy atom. The van der Waals surface area contributed by atoms with Gasteiger partial charge in [0.15, 0.2) is 0 Å². The van der Waals surface area contributed by atoms with Crippen LogP contribution in [-0.2, 0) is 10.0 Å². The van der Waals surface area contributed by atoms with Crippen molar-refractivity contribution < 1.29 is 13.5 Å². The summed E-state index contributed by atoms with van der Waals surface area (Å²) >= 11 is 0. The van der Waals surface area contributed by atoms with Crippen molar-refractivity contribution in [1.82, 2.24) is 0 Å². The lowest BCUT2D eigenvalue weighted by Gasteiger charge is -2.20. The first-order chi connectivity index (χ1) is 9.91. The summed E-state index contributed by atoms with van der Waals surface area (Å²) < 4.78 is 22.7. The van der Waals surface area contributed by atoms with Crippen molar-refractivity contribution in [1.29, 1.82) is 0 Å². The molecule has 0 amide bonds. The molecule has 2 aromatic carbocycles. The molecule has 0 spiro atoms. The molecule has 5 nitrogen and oxygen atoms in total. The molecule has 2 aromatic rings. The lowest BCUT2D eigenvalue weighted by molar-refractivity contribution is 0.462. The quantitative estimate of drug-likeness (QED) is 0.791. The zero-order valence-corrected chi connectivity index (χ0v) is 12.5. The molecule has 0 aromatic heterocycles. The van der Waals surface area contributed by atoms with Crippen molar-refractivity contribution >= 4 is 15.7 Å². The molecule has 0 bridgehead atoms. The minimum absolute atomic E-state index is 0.0552. The molecule has 6 heteroatoms. The average molecular weight is 306 g/mol. The highest BCUT2D eigenvalue weighted by Gasteiger charge is 2.14. The first-order valence-electron chi connectivity index (χ1n) is 6.59. The van der Waals surface area contributed by atoms with Crippen LogP contribution in [0.3, 0.4) is 0 Å². The van der Waals surface area contributed by atoms with Crippen LogP contribution in [0.15, 0.2) is 53.4 Å². The zero-order chi connectivity index (χ0) is 15.5. The second kappa shape index (κ2) is 6.15. The van der Waals surface area contributed by atoms with Gasteiger partial charge < -0.3 is 10.4 Å². The Balaban J connectivity index is 2.30. The molecule has 0 aliphatic rings. The van der Waals surface area contributed by atoms with E-state index >= 15 is 0 Å². The first-order valence-corrected chi connectivity index (χ1v) is 8.13. The molecule has 0 aliphatic carbocycles. The molecule has 0 heterocycles. The maximum atomic E-state index is 11.4. The summed E-state index contributed by atoms with van der Waals surface area (Å²) in [4.78, 5) is 0.0552. The average Bonchev–Trinajstić information content (AvgIpc) is 2.45. The number of aromatic hydroxyl groups is 1. The number of anilines is 1. The standard InChI is InChI=1S/C15H18N2O3S/c1-2-14(13-8-3-4-9-15(13)18)17-11-6-5-7-12(10-11)21(16,19)20/h3-10,14,17-18H,2H2,1H3,(H2,16,19,20). The van der Waals surface area contributed by atoms with Gasteiger partial charge in [-0.1, -0.05) is 31.2 Å². The minimum Gasteiger partial charge on any atom is -0.508 e. The van der Waals surface area contributed by atoms with Crippen LogP contribution in [0, 0.1) is 0 Å². The van der Waals surface area contributed by atoms with E-state index in [0.29, 0.717) is 5.69 Å². The summed E-state index contributed by atoms with van der Waals surface area (Å²) in [6, 6.07) is 13.3. The zero-order valence-electron chi connectivity index (χ0n) is 11.7. The lowest BCUT2D eigenvalue weighted by Crippen LogP contribution is -2.14. The summed E-state index contributed by atoms with van der Waals surface area (Å²) in [6.45, 7) is 1.98. The summed E-state index contributed by atoms with van der Waals surface area (Å²) in [6.07, 6.45) is 0.733. The lowest BCUT2D eigenvalue weighted by atomic mass is 10.0. The number of nitrogens with two attached hydrogens (primary N) is 1. The number of primary sulfonamides is 1. The Morgan fingerprint density at radius 3 is 2.52 bits per heavy atom. The predicted molar refractivity (Wildman–Crippen MR) is 82.6 cm³/mol. The molecule has 2 rings (SSSR count). The number of phenolic OH excluding ortho intramolecular Hbond substituents is 1. The molecule has 0 radical (unpaired) electrons. The number of rotatable bonds is 5. The maximum absolute atomic E-state index is 11.4. The highest BCUT2D eigenvalue weighted by Crippen LogP contribution is 2.29. The minimum atomic E-state index is -3.73. The van der Waals surface area contributed by atoms with E-state index in [0.717, 1.165) is 12.0 Å². The summed E-state index contributed by atoms with van der Waals surface area (Å²) in [5.74, 6) is 0.208. The Bertz CT molecular complexity index is 729. The fourth-order valence-corrected chi connectivity index (χ4v) is 2.71. The molecular weight excluding hydrogens is 288 g/mol. The SMILES string of the molecule is CCC(Nc1cccc(S(N)(=O)=O)c1)c1ccccc1O. The number of hydrogen-bond donors (Lipinski definition) is 3. The van der Waals surface area contributed by atoms with Crippen molar-refractivity contribution in [2.75, 3.05) is 5.32 Å². The Morgan fingerprint density at radius 2 is 1.90 bits per heavy atom. The molecule has 0 aliphatic heterocycles. The van der Waals surface area contributed by atoms with Crippen molar-refractivity contribution in [3.05, 3.63) is 54.1 Å². The van der Waals surface area contributed by atoms with E-state index in [1.807, 2.05) is 19.1 Å². The van der Waals surface area contributed by atoms with Gasteiger partial charge in [-0.3, -0.25) is 0 Å². The molecule has 0 fully saturated rings. The topological polar surface area (TPSA) is 92.4 Å². The van der Waals surface area contributed by atoms with E-state index in [4.69, 9.17) is 5.14 Å². The smallest absolute Gasteiger partial charge is 0.238 e. The van der Waals surface area contributed by atoms with E-state index in [2.05, 4.69) is 5.32 Å². The number of sulfonamides is 1. The Kier molecular flexibility index (Phi) is 4.50. The highest BCUT2D eigenvalue weighted by atomic mass is 32.2. The second-order valence-electron chi connectivity index (χ2n) is 4.74.